The zero-order chi connectivity index (χ0) is 17.1. The first-order chi connectivity index (χ1) is 11.6. The van der Waals surface area contributed by atoms with Gasteiger partial charge in [0.25, 0.3) is 5.91 Å². The standard InChI is InChI=1S/C18H24N2O4/c1-13(12-16(21)22)19-7-9-20(10-8-19)18(23)17-15-5-3-2-4-14(15)6-11-24-17/h2-5,13,17H,6-12H2,1H3,(H,21,22). The number of carbonyl (C=O) groups is 2. The van der Waals surface area contributed by atoms with E-state index in [4.69, 9.17) is 9.84 Å². The molecule has 0 bridgehead atoms. The van der Waals surface area contributed by atoms with Crippen molar-refractivity contribution >= 4 is 11.9 Å². The Labute approximate surface area is 142 Å². The number of hydrogen-bond acceptors (Lipinski definition) is 4. The summed E-state index contributed by atoms with van der Waals surface area (Å²) in [5, 5.41) is 8.91. The molecular weight excluding hydrogens is 308 g/mol. The third-order valence-corrected chi connectivity index (χ3v) is 4.94. The Morgan fingerprint density at radius 3 is 2.67 bits per heavy atom. The number of fused-ring (bicyclic) bond motifs is 1. The fourth-order valence-corrected chi connectivity index (χ4v) is 3.53. The zero-order valence-electron chi connectivity index (χ0n) is 14.0. The van der Waals surface area contributed by atoms with Crippen LogP contribution in [-0.2, 0) is 20.7 Å². The Morgan fingerprint density at radius 2 is 1.96 bits per heavy atom. The Bertz CT molecular complexity index is 611. The highest BCUT2D eigenvalue weighted by Gasteiger charge is 2.33. The first-order valence-electron chi connectivity index (χ1n) is 8.50. The van der Waals surface area contributed by atoms with Crippen molar-refractivity contribution in [3.8, 4) is 0 Å². The van der Waals surface area contributed by atoms with Gasteiger partial charge in [-0.05, 0) is 24.5 Å². The molecule has 0 aromatic heterocycles. The second kappa shape index (κ2) is 7.32. The van der Waals surface area contributed by atoms with Crippen LogP contribution in [0.2, 0.25) is 0 Å². The molecule has 6 nitrogen and oxygen atoms in total. The second-order valence-corrected chi connectivity index (χ2v) is 6.51. The number of piperazine rings is 1. The summed E-state index contributed by atoms with van der Waals surface area (Å²) in [5.74, 6) is -0.763. The van der Waals surface area contributed by atoms with Crippen molar-refractivity contribution < 1.29 is 19.4 Å². The lowest BCUT2D eigenvalue weighted by Gasteiger charge is -2.39. The summed E-state index contributed by atoms with van der Waals surface area (Å²) in [6, 6.07) is 7.96. The number of amides is 1. The van der Waals surface area contributed by atoms with Crippen LogP contribution in [0.1, 0.15) is 30.6 Å². The SMILES string of the molecule is CC(CC(=O)O)N1CCN(C(=O)C2OCCc3ccccc32)CC1. The number of carboxylic acids is 1. The molecule has 2 heterocycles. The van der Waals surface area contributed by atoms with Crippen LogP contribution in [0, 0.1) is 0 Å². The van der Waals surface area contributed by atoms with Crippen LogP contribution in [0.15, 0.2) is 24.3 Å². The van der Waals surface area contributed by atoms with Crippen molar-refractivity contribution in [1.82, 2.24) is 9.80 Å². The van der Waals surface area contributed by atoms with Gasteiger partial charge in [-0.3, -0.25) is 14.5 Å². The minimum Gasteiger partial charge on any atom is -0.481 e. The van der Waals surface area contributed by atoms with E-state index in [0.29, 0.717) is 32.8 Å². The van der Waals surface area contributed by atoms with Gasteiger partial charge in [0.2, 0.25) is 0 Å². The third kappa shape index (κ3) is 3.60. The van der Waals surface area contributed by atoms with Gasteiger partial charge in [-0.1, -0.05) is 24.3 Å². The van der Waals surface area contributed by atoms with Crippen molar-refractivity contribution in [2.75, 3.05) is 32.8 Å². The van der Waals surface area contributed by atoms with E-state index in [1.807, 2.05) is 30.0 Å². The van der Waals surface area contributed by atoms with E-state index in [0.717, 1.165) is 12.0 Å². The summed E-state index contributed by atoms with van der Waals surface area (Å²) in [6.45, 7) is 5.13. The molecule has 1 aromatic rings. The van der Waals surface area contributed by atoms with E-state index in [-0.39, 0.29) is 18.4 Å². The molecule has 2 atom stereocenters. The van der Waals surface area contributed by atoms with E-state index in [2.05, 4.69) is 11.0 Å². The van der Waals surface area contributed by atoms with Crippen LogP contribution in [0.4, 0.5) is 0 Å². The maximum atomic E-state index is 12.9. The van der Waals surface area contributed by atoms with Gasteiger partial charge in [0, 0.05) is 32.2 Å². The number of carboxylic acid groups (broad SMARTS) is 1. The van der Waals surface area contributed by atoms with Gasteiger partial charge in [0.1, 0.15) is 0 Å². The van der Waals surface area contributed by atoms with Gasteiger partial charge in [-0.15, -0.1) is 0 Å². The topological polar surface area (TPSA) is 70.1 Å². The molecule has 1 saturated heterocycles. The number of hydrogen-bond donors (Lipinski definition) is 1. The molecule has 1 amide bonds. The number of ether oxygens (including phenoxy) is 1. The number of benzene rings is 1. The fourth-order valence-electron chi connectivity index (χ4n) is 3.53. The van der Waals surface area contributed by atoms with Crippen molar-refractivity contribution in [2.24, 2.45) is 0 Å². The maximum Gasteiger partial charge on any atom is 0.304 e. The monoisotopic (exact) mass is 332 g/mol. The van der Waals surface area contributed by atoms with E-state index < -0.39 is 12.1 Å². The summed E-state index contributed by atoms with van der Waals surface area (Å²) in [5.41, 5.74) is 2.17. The normalized spacial score (nSPS) is 22.7. The summed E-state index contributed by atoms with van der Waals surface area (Å²) in [7, 11) is 0. The van der Waals surface area contributed by atoms with Crippen LogP contribution in [0.25, 0.3) is 0 Å². The van der Waals surface area contributed by atoms with Gasteiger partial charge in [-0.2, -0.15) is 0 Å². The maximum absolute atomic E-state index is 12.9. The second-order valence-electron chi connectivity index (χ2n) is 6.51. The molecule has 0 spiro atoms. The predicted molar refractivity (Wildman–Crippen MR) is 88.7 cm³/mol. The summed E-state index contributed by atoms with van der Waals surface area (Å²) in [6.07, 6.45) is 0.478. The van der Waals surface area contributed by atoms with Gasteiger partial charge in [-0.25, -0.2) is 0 Å². The number of aliphatic carboxylic acids is 1. The minimum absolute atomic E-state index is 0.00796. The minimum atomic E-state index is -0.784. The van der Waals surface area contributed by atoms with Crippen LogP contribution in [-0.4, -0.2) is 65.6 Å². The molecule has 0 radical (unpaired) electrons. The Kier molecular flexibility index (Phi) is 5.16. The quantitative estimate of drug-likeness (QED) is 0.900. The molecule has 2 unspecified atom stereocenters. The van der Waals surface area contributed by atoms with Crippen LogP contribution in [0.3, 0.4) is 0 Å². The smallest absolute Gasteiger partial charge is 0.304 e. The molecule has 3 rings (SSSR count). The van der Waals surface area contributed by atoms with Gasteiger partial charge in [0.05, 0.1) is 13.0 Å². The molecule has 6 heteroatoms. The van der Waals surface area contributed by atoms with Crippen LogP contribution < -0.4 is 0 Å². The zero-order valence-corrected chi connectivity index (χ0v) is 14.0. The number of carbonyl (C=O) groups excluding carboxylic acids is 1. The lowest BCUT2D eigenvalue weighted by Crippen LogP contribution is -2.53. The molecule has 1 aromatic carbocycles. The van der Waals surface area contributed by atoms with Crippen molar-refractivity contribution in [2.45, 2.75) is 31.9 Å². The first kappa shape index (κ1) is 16.9. The Balaban J connectivity index is 1.61. The largest absolute Gasteiger partial charge is 0.481 e. The van der Waals surface area contributed by atoms with Gasteiger partial charge >= 0.3 is 5.97 Å². The number of nitrogens with zero attached hydrogens (tertiary/aromatic N) is 2. The lowest BCUT2D eigenvalue weighted by atomic mass is 9.96. The van der Waals surface area contributed by atoms with Crippen molar-refractivity contribution in [3.63, 3.8) is 0 Å². The molecular formula is C18H24N2O4. The van der Waals surface area contributed by atoms with Crippen molar-refractivity contribution in [1.29, 1.82) is 0 Å². The average Bonchev–Trinajstić information content (AvgIpc) is 2.60. The highest BCUT2D eigenvalue weighted by atomic mass is 16.5. The van der Waals surface area contributed by atoms with Crippen LogP contribution in [0.5, 0.6) is 0 Å². The van der Waals surface area contributed by atoms with Gasteiger partial charge < -0.3 is 14.7 Å². The third-order valence-electron chi connectivity index (χ3n) is 4.94. The molecule has 1 fully saturated rings. The molecule has 2 aliphatic rings. The Hall–Kier alpha value is -1.92. The highest BCUT2D eigenvalue weighted by molar-refractivity contribution is 5.83. The average molecular weight is 332 g/mol. The van der Waals surface area contributed by atoms with Crippen molar-refractivity contribution in [3.05, 3.63) is 35.4 Å². The summed E-state index contributed by atoms with van der Waals surface area (Å²) >= 11 is 0. The van der Waals surface area contributed by atoms with E-state index in [1.54, 1.807) is 0 Å². The molecule has 130 valence electrons. The number of rotatable bonds is 4. The first-order valence-corrected chi connectivity index (χ1v) is 8.50. The summed E-state index contributed by atoms with van der Waals surface area (Å²) < 4.78 is 5.76. The molecule has 0 aliphatic carbocycles. The Morgan fingerprint density at radius 1 is 1.25 bits per heavy atom. The molecule has 24 heavy (non-hydrogen) atoms. The van der Waals surface area contributed by atoms with E-state index in [1.165, 1.54) is 5.56 Å². The highest BCUT2D eigenvalue weighted by Crippen LogP contribution is 2.29. The predicted octanol–water partition coefficient (Wildman–Crippen LogP) is 1.31. The fraction of sp³-hybridized carbons (Fsp3) is 0.556. The van der Waals surface area contributed by atoms with Gasteiger partial charge in [0.15, 0.2) is 6.10 Å². The van der Waals surface area contributed by atoms with E-state index >= 15 is 0 Å². The molecule has 1 N–H and O–H groups in total. The summed E-state index contributed by atoms with van der Waals surface area (Å²) in [4.78, 5) is 27.7. The lowest BCUT2D eigenvalue weighted by molar-refractivity contribution is -0.148. The van der Waals surface area contributed by atoms with Crippen LogP contribution >= 0.6 is 0 Å². The van der Waals surface area contributed by atoms with E-state index in [9.17, 15) is 9.59 Å². The molecule has 0 saturated carbocycles. The molecule has 2 aliphatic heterocycles.